The van der Waals surface area contributed by atoms with E-state index in [2.05, 4.69) is 33.3 Å². The number of pyridine rings is 1. The van der Waals surface area contributed by atoms with Gasteiger partial charge in [0, 0.05) is 38.0 Å². The van der Waals surface area contributed by atoms with Gasteiger partial charge in [-0.2, -0.15) is 4.98 Å². The summed E-state index contributed by atoms with van der Waals surface area (Å²) in [6.07, 6.45) is 7.80. The van der Waals surface area contributed by atoms with Gasteiger partial charge in [-0.25, -0.2) is 4.98 Å². The molecule has 158 valence electrons. The zero-order valence-corrected chi connectivity index (χ0v) is 18.1. The van der Waals surface area contributed by atoms with E-state index in [0.29, 0.717) is 23.8 Å². The van der Waals surface area contributed by atoms with E-state index in [4.69, 9.17) is 14.2 Å². The lowest BCUT2D eigenvalue weighted by Crippen LogP contribution is -2.56. The lowest BCUT2D eigenvalue weighted by atomic mass is 9.92. The molecule has 3 heterocycles. The normalized spacial score (nSPS) is 23.5. The van der Waals surface area contributed by atoms with Crippen molar-refractivity contribution in [2.45, 2.75) is 77.5 Å². The van der Waals surface area contributed by atoms with Crippen molar-refractivity contribution in [1.29, 1.82) is 0 Å². The Morgan fingerprint density at radius 2 is 1.90 bits per heavy atom. The van der Waals surface area contributed by atoms with Crippen molar-refractivity contribution in [1.82, 2.24) is 20.4 Å². The molecule has 2 fully saturated rings. The van der Waals surface area contributed by atoms with Gasteiger partial charge in [0.15, 0.2) is 5.82 Å². The summed E-state index contributed by atoms with van der Waals surface area (Å²) in [6.45, 7) is 7.69. The topological polar surface area (TPSA) is 76.3 Å². The largest absolute Gasteiger partial charge is 0.378 e. The molecule has 7 heteroatoms. The van der Waals surface area contributed by atoms with Crippen molar-refractivity contribution >= 4 is 5.82 Å². The van der Waals surface area contributed by atoms with Gasteiger partial charge in [-0.3, -0.25) is 0 Å². The first kappa shape index (κ1) is 20.3. The van der Waals surface area contributed by atoms with Gasteiger partial charge in [0.05, 0.1) is 11.7 Å². The van der Waals surface area contributed by atoms with E-state index in [1.165, 1.54) is 32.1 Å². The molecule has 2 aromatic heterocycles. The Kier molecular flexibility index (Phi) is 6.15. The zero-order chi connectivity index (χ0) is 20.4. The Hall–Kier alpha value is -1.99. The summed E-state index contributed by atoms with van der Waals surface area (Å²) in [5, 5.41) is 7.86. The number of hydrogen-bond donors (Lipinski definition) is 1. The first-order valence-corrected chi connectivity index (χ1v) is 10.9. The number of nitrogens with zero attached hydrogens (tertiary/aromatic N) is 4. The van der Waals surface area contributed by atoms with Crippen LogP contribution in [-0.4, -0.2) is 53.5 Å². The summed E-state index contributed by atoms with van der Waals surface area (Å²) >= 11 is 0. The van der Waals surface area contributed by atoms with Crippen molar-refractivity contribution in [2.24, 2.45) is 0 Å². The highest BCUT2D eigenvalue weighted by atomic mass is 16.5. The molecule has 1 saturated heterocycles. The van der Waals surface area contributed by atoms with E-state index >= 15 is 0 Å². The van der Waals surface area contributed by atoms with Gasteiger partial charge < -0.3 is 19.5 Å². The van der Waals surface area contributed by atoms with Crippen LogP contribution in [-0.2, 0) is 4.74 Å². The smallest absolute Gasteiger partial charge is 0.261 e. The van der Waals surface area contributed by atoms with Crippen molar-refractivity contribution in [3.8, 4) is 11.5 Å². The summed E-state index contributed by atoms with van der Waals surface area (Å²) in [4.78, 5) is 11.7. The number of anilines is 1. The summed E-state index contributed by atoms with van der Waals surface area (Å²) in [5.41, 5.74) is 3.05. The maximum atomic E-state index is 5.92. The molecular formula is C22H33N5O2. The van der Waals surface area contributed by atoms with E-state index in [1.807, 2.05) is 21.0 Å². The second-order valence-electron chi connectivity index (χ2n) is 8.53. The summed E-state index contributed by atoms with van der Waals surface area (Å²) in [7, 11) is 1.82. The van der Waals surface area contributed by atoms with Crippen molar-refractivity contribution in [3.63, 3.8) is 0 Å². The van der Waals surface area contributed by atoms with Crippen LogP contribution in [0, 0.1) is 20.8 Å². The zero-order valence-electron chi connectivity index (χ0n) is 18.1. The Labute approximate surface area is 173 Å². The van der Waals surface area contributed by atoms with E-state index in [0.717, 1.165) is 42.1 Å². The fourth-order valence-electron chi connectivity index (χ4n) is 4.61. The number of aromatic nitrogens is 3. The molecule has 0 aromatic carbocycles. The number of ether oxygens (including phenoxy) is 1. The van der Waals surface area contributed by atoms with Crippen LogP contribution >= 0.6 is 0 Å². The molecule has 1 aliphatic carbocycles. The van der Waals surface area contributed by atoms with Gasteiger partial charge in [-0.05, 0) is 51.7 Å². The Bertz CT molecular complexity index is 831. The highest BCUT2D eigenvalue weighted by Gasteiger charge is 2.33. The third-order valence-electron chi connectivity index (χ3n) is 6.42. The lowest BCUT2D eigenvalue weighted by Gasteiger charge is -2.41. The fraction of sp³-hybridized carbons (Fsp3) is 0.682. The Morgan fingerprint density at radius 3 is 2.59 bits per heavy atom. The third kappa shape index (κ3) is 4.46. The molecule has 1 aliphatic heterocycles. The quantitative estimate of drug-likeness (QED) is 0.823. The van der Waals surface area contributed by atoms with Gasteiger partial charge in [0.25, 0.3) is 5.89 Å². The molecule has 1 saturated carbocycles. The van der Waals surface area contributed by atoms with Crippen LogP contribution in [0.2, 0.25) is 0 Å². The highest BCUT2D eigenvalue weighted by molar-refractivity contribution is 5.71. The van der Waals surface area contributed by atoms with Crippen LogP contribution in [0.3, 0.4) is 0 Å². The predicted octanol–water partition coefficient (Wildman–Crippen LogP) is 3.57. The monoisotopic (exact) mass is 399 g/mol. The van der Waals surface area contributed by atoms with E-state index in [1.54, 1.807) is 0 Å². The minimum absolute atomic E-state index is 0.131. The van der Waals surface area contributed by atoms with Crippen LogP contribution < -0.4 is 10.2 Å². The van der Waals surface area contributed by atoms with Crippen LogP contribution in [0.5, 0.6) is 0 Å². The molecule has 2 aliphatic rings. The van der Waals surface area contributed by atoms with E-state index in [-0.39, 0.29) is 6.10 Å². The molecule has 2 atom stereocenters. The number of aryl methyl sites for hydroxylation is 3. The second kappa shape index (κ2) is 8.79. The molecule has 0 bridgehead atoms. The van der Waals surface area contributed by atoms with Crippen LogP contribution in [0.1, 0.15) is 55.6 Å². The summed E-state index contributed by atoms with van der Waals surface area (Å²) in [6, 6.07) is 3.13. The maximum absolute atomic E-state index is 5.92. The number of methoxy groups -OCH3 is 1. The Balaban J connectivity index is 1.55. The molecule has 0 spiro atoms. The molecule has 29 heavy (non-hydrogen) atoms. The van der Waals surface area contributed by atoms with Gasteiger partial charge in [0.1, 0.15) is 5.82 Å². The van der Waals surface area contributed by atoms with E-state index in [9.17, 15) is 0 Å². The highest BCUT2D eigenvalue weighted by Crippen LogP contribution is 2.32. The predicted molar refractivity (Wildman–Crippen MR) is 113 cm³/mol. The first-order chi connectivity index (χ1) is 14.0. The fourth-order valence-corrected chi connectivity index (χ4v) is 4.61. The van der Waals surface area contributed by atoms with Gasteiger partial charge in [-0.15, -0.1) is 0 Å². The molecule has 2 aromatic rings. The third-order valence-corrected chi connectivity index (χ3v) is 6.42. The number of piperidine rings is 1. The maximum Gasteiger partial charge on any atom is 0.261 e. The van der Waals surface area contributed by atoms with Crippen LogP contribution in [0.25, 0.3) is 11.5 Å². The van der Waals surface area contributed by atoms with Crippen molar-refractivity contribution in [2.75, 3.05) is 25.1 Å². The molecule has 1 N–H and O–H groups in total. The molecule has 0 radical (unpaired) electrons. The number of hydrogen-bond acceptors (Lipinski definition) is 7. The van der Waals surface area contributed by atoms with Crippen LogP contribution in [0.4, 0.5) is 5.82 Å². The van der Waals surface area contributed by atoms with Crippen LogP contribution in [0.15, 0.2) is 10.6 Å². The van der Waals surface area contributed by atoms with Gasteiger partial charge in [-0.1, -0.05) is 24.4 Å². The number of nitrogens with one attached hydrogen (secondary N) is 1. The SMILES string of the molecule is COC1CN(c2nc(C)c(C)cc2-c2nc(C)no2)CCC1NC1CCCCC1. The standard InChI is InChI=1S/C22H33N5O2/c1-14-12-18(22-24-16(3)26-29-22)21(23-15(14)2)27-11-10-19(20(13-27)28-4)25-17-8-6-5-7-9-17/h12,17,19-20,25H,5-11,13H2,1-4H3. The minimum atomic E-state index is 0.131. The van der Waals surface area contributed by atoms with Crippen molar-refractivity contribution < 1.29 is 9.26 Å². The van der Waals surface area contributed by atoms with Gasteiger partial charge in [0.2, 0.25) is 0 Å². The van der Waals surface area contributed by atoms with Gasteiger partial charge >= 0.3 is 0 Å². The number of rotatable bonds is 5. The van der Waals surface area contributed by atoms with E-state index < -0.39 is 0 Å². The first-order valence-electron chi connectivity index (χ1n) is 10.9. The molecule has 7 nitrogen and oxygen atoms in total. The molecule has 0 amide bonds. The lowest BCUT2D eigenvalue weighted by molar-refractivity contribution is 0.0534. The molecular weight excluding hydrogens is 366 g/mol. The summed E-state index contributed by atoms with van der Waals surface area (Å²) < 4.78 is 11.4. The molecule has 2 unspecified atom stereocenters. The molecule has 4 rings (SSSR count). The second-order valence-corrected chi connectivity index (χ2v) is 8.53. The average Bonchev–Trinajstić information content (AvgIpc) is 3.17. The average molecular weight is 400 g/mol. The Morgan fingerprint density at radius 1 is 1.10 bits per heavy atom. The van der Waals surface area contributed by atoms with Crippen molar-refractivity contribution in [3.05, 3.63) is 23.1 Å². The summed E-state index contributed by atoms with van der Waals surface area (Å²) in [5.74, 6) is 2.08. The minimum Gasteiger partial charge on any atom is -0.378 e.